The highest BCUT2D eigenvalue weighted by Gasteiger charge is 2.39. The molecule has 3 aliphatic heterocycles. The molecule has 0 atom stereocenters. The molecule has 7 rings (SSSR count). The van der Waals surface area contributed by atoms with Crippen LogP contribution in [0.4, 0.5) is 28.8 Å². The quantitative estimate of drug-likeness (QED) is 0.208. The normalized spacial score (nSPS) is 18.2. The molecule has 4 aromatic rings. The molecule has 254 valence electrons. The highest BCUT2D eigenvalue weighted by atomic mass is 79.9. The van der Waals surface area contributed by atoms with Crippen LogP contribution < -0.4 is 25.6 Å². The number of methoxy groups -OCH3 is 1. The van der Waals surface area contributed by atoms with Crippen molar-refractivity contribution in [1.82, 2.24) is 29.7 Å². The van der Waals surface area contributed by atoms with Crippen LogP contribution in [-0.2, 0) is 9.30 Å². The van der Waals surface area contributed by atoms with E-state index < -0.39 is 7.14 Å². The maximum absolute atomic E-state index is 13.4. The molecule has 12 nitrogen and oxygen atoms in total. The van der Waals surface area contributed by atoms with Crippen molar-refractivity contribution < 1.29 is 14.0 Å². The summed E-state index contributed by atoms with van der Waals surface area (Å²) in [5, 5.41) is 7.37. The lowest BCUT2D eigenvalue weighted by molar-refractivity contribution is -0.0995. The number of ether oxygens (including phenoxy) is 2. The highest BCUT2D eigenvalue weighted by molar-refractivity contribution is 9.10. The molecule has 0 saturated carbocycles. The summed E-state index contributed by atoms with van der Waals surface area (Å²) >= 11 is 3.58. The van der Waals surface area contributed by atoms with E-state index in [4.69, 9.17) is 14.5 Å². The Morgan fingerprint density at radius 2 is 1.77 bits per heavy atom. The number of fused-ring (bicyclic) bond motifs is 1. The molecule has 0 amide bonds. The number of piperidine rings is 1. The Morgan fingerprint density at radius 3 is 2.46 bits per heavy atom. The average Bonchev–Trinajstić information content (AvgIpc) is 3.01. The fourth-order valence-electron chi connectivity index (χ4n) is 6.99. The van der Waals surface area contributed by atoms with E-state index in [9.17, 15) is 4.57 Å². The number of benzene rings is 2. The predicted molar refractivity (Wildman–Crippen MR) is 196 cm³/mol. The smallest absolute Gasteiger partial charge is 0.229 e. The second kappa shape index (κ2) is 13.5. The Labute approximate surface area is 290 Å². The lowest BCUT2D eigenvalue weighted by Crippen LogP contribution is -2.66. The van der Waals surface area contributed by atoms with Crippen LogP contribution in [0.15, 0.2) is 47.3 Å². The molecule has 0 aliphatic carbocycles. The minimum atomic E-state index is -2.74. The number of aromatic nitrogens is 4. The molecule has 2 aromatic heterocycles. The first-order chi connectivity index (χ1) is 23.1. The van der Waals surface area contributed by atoms with Gasteiger partial charge >= 0.3 is 0 Å². The number of hydrogen-bond acceptors (Lipinski definition) is 12. The van der Waals surface area contributed by atoms with Gasteiger partial charge in [-0.3, -0.25) is 19.8 Å². The van der Waals surface area contributed by atoms with E-state index in [2.05, 4.69) is 82.3 Å². The molecular formula is C34H43BrN9O3P. The van der Waals surface area contributed by atoms with Gasteiger partial charge in [0.2, 0.25) is 5.95 Å². The number of nitrogens with one attached hydrogen (secondary N) is 2. The van der Waals surface area contributed by atoms with Crippen molar-refractivity contribution >= 4 is 68.2 Å². The van der Waals surface area contributed by atoms with Gasteiger partial charge < -0.3 is 29.6 Å². The SMILES string of the molecule is COc1cc(N2CCC(N3CC(N(C)C4COC4)C3)CC2)c(C)cc1Nc1ncc(Br)c(Nc2ccc3nccnc3c2P(C)(C)=O)n1. The number of likely N-dealkylation sites (tertiary alicyclic amines) is 1. The summed E-state index contributed by atoms with van der Waals surface area (Å²) in [6.45, 7) is 11.7. The van der Waals surface area contributed by atoms with Gasteiger partial charge in [-0.15, -0.1) is 0 Å². The van der Waals surface area contributed by atoms with Gasteiger partial charge in [-0.2, -0.15) is 4.98 Å². The summed E-state index contributed by atoms with van der Waals surface area (Å²) in [6, 6.07) is 9.85. The number of likely N-dealkylation sites (N-methyl/N-ethyl adjacent to an activating group) is 1. The average molecular weight is 737 g/mol. The van der Waals surface area contributed by atoms with Crippen LogP contribution >= 0.6 is 23.1 Å². The van der Waals surface area contributed by atoms with Crippen LogP contribution in [0.5, 0.6) is 5.75 Å². The van der Waals surface area contributed by atoms with Crippen molar-refractivity contribution in [3.63, 3.8) is 0 Å². The number of aryl methyl sites for hydroxylation is 1. The molecule has 2 N–H and O–H groups in total. The molecule has 0 spiro atoms. The lowest BCUT2D eigenvalue weighted by Gasteiger charge is -2.52. The monoisotopic (exact) mass is 735 g/mol. The second-order valence-corrected chi connectivity index (χ2v) is 17.4. The number of nitrogens with zero attached hydrogens (tertiary/aromatic N) is 7. The van der Waals surface area contributed by atoms with Crippen LogP contribution in [0.2, 0.25) is 0 Å². The van der Waals surface area contributed by atoms with Gasteiger partial charge in [0.1, 0.15) is 24.2 Å². The van der Waals surface area contributed by atoms with Crippen molar-refractivity contribution in [3.8, 4) is 5.75 Å². The van der Waals surface area contributed by atoms with Crippen molar-refractivity contribution in [2.24, 2.45) is 0 Å². The van der Waals surface area contributed by atoms with Gasteiger partial charge in [0.25, 0.3) is 0 Å². The van der Waals surface area contributed by atoms with E-state index >= 15 is 0 Å². The molecular weight excluding hydrogens is 693 g/mol. The third kappa shape index (κ3) is 6.63. The minimum absolute atomic E-state index is 0.397. The van der Waals surface area contributed by atoms with Gasteiger partial charge in [-0.25, -0.2) is 4.98 Å². The Bertz CT molecular complexity index is 1860. The maximum Gasteiger partial charge on any atom is 0.229 e. The molecule has 5 heterocycles. The van der Waals surface area contributed by atoms with E-state index in [-0.39, 0.29) is 0 Å². The Kier molecular flexibility index (Phi) is 9.34. The third-order valence-corrected chi connectivity index (χ3v) is 12.0. The van der Waals surface area contributed by atoms with E-state index in [1.165, 1.54) is 5.69 Å². The van der Waals surface area contributed by atoms with Gasteiger partial charge in [-0.1, -0.05) is 0 Å². The summed E-state index contributed by atoms with van der Waals surface area (Å²) in [6.07, 6.45) is 7.25. The van der Waals surface area contributed by atoms with Crippen LogP contribution in [0.25, 0.3) is 11.0 Å². The number of halogens is 1. The van der Waals surface area contributed by atoms with Crippen LogP contribution in [0.3, 0.4) is 0 Å². The zero-order valence-corrected chi connectivity index (χ0v) is 30.6. The molecule has 0 bridgehead atoms. The summed E-state index contributed by atoms with van der Waals surface area (Å²) < 4.78 is 25.3. The fourth-order valence-corrected chi connectivity index (χ4v) is 8.67. The molecule has 0 unspecified atom stereocenters. The Balaban J connectivity index is 1.04. The Hall–Kier alpha value is -3.35. The molecule has 3 saturated heterocycles. The lowest BCUT2D eigenvalue weighted by atomic mass is 9.95. The van der Waals surface area contributed by atoms with E-state index in [0.29, 0.717) is 56.4 Å². The zero-order chi connectivity index (χ0) is 33.6. The first kappa shape index (κ1) is 33.2. The van der Waals surface area contributed by atoms with Gasteiger partial charge in [-0.05, 0) is 79.8 Å². The largest absolute Gasteiger partial charge is 0.494 e. The Morgan fingerprint density at radius 1 is 1.02 bits per heavy atom. The first-order valence-corrected chi connectivity index (χ1v) is 19.8. The van der Waals surface area contributed by atoms with E-state index in [1.807, 2.05) is 12.1 Å². The maximum atomic E-state index is 13.4. The fraction of sp³-hybridized carbons (Fsp3) is 0.471. The summed E-state index contributed by atoms with van der Waals surface area (Å²) in [7, 11) is 1.20. The predicted octanol–water partition coefficient (Wildman–Crippen LogP) is 5.22. The van der Waals surface area contributed by atoms with Crippen LogP contribution in [0.1, 0.15) is 18.4 Å². The standard InChI is InChI=1S/C34H43BrN9O3P/c1-21-14-28(30(46-3)15-29(21)43-12-8-22(9-13-43)44-17-23(18-44)42(2)24-19-47-20-24)40-34-38-16-25(35)33(41-34)39-27-7-6-26-31(37-11-10-36-26)32(27)48(4,5)45/h6-7,10-11,14-16,22-24H,8-9,12-13,17-20H2,1-5H3,(H2,38,39,40,41). The second-order valence-electron chi connectivity index (χ2n) is 13.4. The number of anilines is 5. The van der Waals surface area contributed by atoms with Crippen molar-refractivity contribution in [1.29, 1.82) is 0 Å². The van der Waals surface area contributed by atoms with Crippen LogP contribution in [-0.4, -0.2) is 115 Å². The zero-order valence-electron chi connectivity index (χ0n) is 28.1. The number of rotatable bonds is 10. The van der Waals surface area contributed by atoms with Crippen LogP contribution in [0, 0.1) is 6.92 Å². The van der Waals surface area contributed by atoms with Crippen molar-refractivity contribution in [2.75, 3.05) is 82.4 Å². The van der Waals surface area contributed by atoms with Gasteiger partial charge in [0.05, 0.1) is 53.0 Å². The summed E-state index contributed by atoms with van der Waals surface area (Å²) in [5.41, 5.74) is 5.09. The van der Waals surface area contributed by atoms with Gasteiger partial charge in [0, 0.05) is 68.6 Å². The molecule has 3 aliphatic rings. The first-order valence-electron chi connectivity index (χ1n) is 16.4. The topological polar surface area (TPSA) is 121 Å². The van der Waals surface area contributed by atoms with Crippen molar-refractivity contribution in [3.05, 3.63) is 52.9 Å². The van der Waals surface area contributed by atoms with Gasteiger partial charge in [0.15, 0.2) is 0 Å². The molecule has 0 radical (unpaired) electrons. The highest BCUT2D eigenvalue weighted by Crippen LogP contribution is 2.42. The summed E-state index contributed by atoms with van der Waals surface area (Å²) in [4.78, 5) is 25.8. The van der Waals surface area contributed by atoms with Crippen molar-refractivity contribution in [2.45, 2.75) is 37.9 Å². The summed E-state index contributed by atoms with van der Waals surface area (Å²) in [5.74, 6) is 1.65. The third-order valence-electron chi connectivity index (χ3n) is 9.90. The molecule has 3 fully saturated rings. The molecule has 14 heteroatoms. The van der Waals surface area contributed by atoms with E-state index in [1.54, 1.807) is 39.0 Å². The number of hydrogen-bond donors (Lipinski definition) is 2. The van der Waals surface area contributed by atoms with E-state index in [0.717, 1.165) is 69.2 Å². The molecule has 48 heavy (non-hydrogen) atoms. The minimum Gasteiger partial charge on any atom is -0.494 e. The molecule has 2 aromatic carbocycles.